The van der Waals surface area contributed by atoms with Crippen molar-refractivity contribution in [1.29, 1.82) is 0 Å². The molecule has 0 amide bonds. The van der Waals surface area contributed by atoms with Crippen molar-refractivity contribution < 1.29 is 4.39 Å². The summed E-state index contributed by atoms with van der Waals surface area (Å²) in [5.74, 6) is -0.250. The van der Waals surface area contributed by atoms with Gasteiger partial charge in [-0.2, -0.15) is 10.2 Å². The van der Waals surface area contributed by atoms with Crippen molar-refractivity contribution in [1.82, 2.24) is 20.4 Å². The normalized spacial score (nSPS) is 11.3. The van der Waals surface area contributed by atoms with Crippen LogP contribution in [0, 0.1) is 19.7 Å². The fourth-order valence-electron chi connectivity index (χ4n) is 2.05. The van der Waals surface area contributed by atoms with Crippen molar-refractivity contribution in [3.8, 4) is 0 Å². The van der Waals surface area contributed by atoms with Gasteiger partial charge in [0.05, 0.1) is 11.2 Å². The molecule has 0 saturated carbocycles. The van der Waals surface area contributed by atoms with Gasteiger partial charge in [0, 0.05) is 23.2 Å². The van der Waals surface area contributed by atoms with Gasteiger partial charge in [-0.25, -0.2) is 4.39 Å². The minimum atomic E-state index is -0.250. The van der Waals surface area contributed by atoms with Crippen LogP contribution in [0.1, 0.15) is 22.6 Å². The van der Waals surface area contributed by atoms with Crippen molar-refractivity contribution in [3.63, 3.8) is 0 Å². The Morgan fingerprint density at radius 2 is 2.00 bits per heavy atom. The highest BCUT2D eigenvalue weighted by Gasteiger charge is 2.11. The maximum atomic E-state index is 13.3. The maximum Gasteiger partial charge on any atom is 0.124 e. The van der Waals surface area contributed by atoms with Crippen molar-refractivity contribution in [3.05, 3.63) is 46.7 Å². The number of aromatic nitrogens is 4. The Morgan fingerprint density at radius 1 is 1.17 bits per heavy atom. The topological polar surface area (TPSA) is 57.4 Å². The van der Waals surface area contributed by atoms with Crippen LogP contribution in [0.5, 0.6) is 0 Å². The number of rotatable bonds is 2. The lowest BCUT2D eigenvalue weighted by Gasteiger charge is -1.97. The van der Waals surface area contributed by atoms with E-state index in [1.165, 1.54) is 12.1 Å². The fraction of sp³-hybridized carbons (Fsp3) is 0.231. The molecule has 0 aliphatic heterocycles. The Kier molecular flexibility index (Phi) is 2.40. The lowest BCUT2D eigenvalue weighted by Crippen LogP contribution is -1.92. The van der Waals surface area contributed by atoms with Crippen LogP contribution in [0.3, 0.4) is 0 Å². The molecule has 2 aromatic heterocycles. The zero-order valence-corrected chi connectivity index (χ0v) is 10.2. The highest BCUT2D eigenvalue weighted by atomic mass is 19.1. The summed E-state index contributed by atoms with van der Waals surface area (Å²) in [6.07, 6.45) is 0.621. The Balaban J connectivity index is 2.05. The fourth-order valence-corrected chi connectivity index (χ4v) is 2.05. The predicted molar refractivity (Wildman–Crippen MR) is 66.9 cm³/mol. The summed E-state index contributed by atoms with van der Waals surface area (Å²) in [6, 6.07) is 4.59. The number of H-pyrrole nitrogens is 2. The molecule has 0 atom stereocenters. The van der Waals surface area contributed by atoms with Gasteiger partial charge in [-0.3, -0.25) is 10.2 Å². The van der Waals surface area contributed by atoms with Gasteiger partial charge in [-0.15, -0.1) is 0 Å². The van der Waals surface area contributed by atoms with Crippen LogP contribution < -0.4 is 0 Å². The minimum absolute atomic E-state index is 0.250. The van der Waals surface area contributed by atoms with Crippen LogP contribution >= 0.6 is 0 Å². The smallest absolute Gasteiger partial charge is 0.124 e. The molecular formula is C13H13FN4. The number of halogens is 1. The third kappa shape index (κ3) is 1.68. The third-order valence-electron chi connectivity index (χ3n) is 3.29. The largest absolute Gasteiger partial charge is 0.282 e. The molecule has 18 heavy (non-hydrogen) atoms. The Bertz CT molecular complexity index is 711. The van der Waals surface area contributed by atoms with Crippen molar-refractivity contribution in [2.45, 2.75) is 20.3 Å². The van der Waals surface area contributed by atoms with Crippen molar-refractivity contribution in [2.24, 2.45) is 0 Å². The first-order valence-electron chi connectivity index (χ1n) is 5.78. The van der Waals surface area contributed by atoms with Gasteiger partial charge in [0.15, 0.2) is 0 Å². The van der Waals surface area contributed by atoms with Gasteiger partial charge in [0.1, 0.15) is 5.82 Å². The first kappa shape index (κ1) is 11.0. The molecular weight excluding hydrogens is 231 g/mol. The SMILES string of the molecule is Cc1[nH]nc(Cc2[nH]nc3ccc(F)cc23)c1C. The van der Waals surface area contributed by atoms with Crippen LogP contribution in [-0.4, -0.2) is 20.4 Å². The van der Waals surface area contributed by atoms with Gasteiger partial charge in [0.25, 0.3) is 0 Å². The highest BCUT2D eigenvalue weighted by molar-refractivity contribution is 5.81. The van der Waals surface area contributed by atoms with E-state index >= 15 is 0 Å². The van der Waals surface area contributed by atoms with Gasteiger partial charge in [-0.1, -0.05) is 0 Å². The van der Waals surface area contributed by atoms with Gasteiger partial charge < -0.3 is 0 Å². The molecule has 0 fully saturated rings. The molecule has 3 aromatic rings. The summed E-state index contributed by atoms with van der Waals surface area (Å²) in [5.41, 5.74) is 4.81. The van der Waals surface area contributed by atoms with Crippen LogP contribution in [0.4, 0.5) is 4.39 Å². The first-order chi connectivity index (χ1) is 8.65. The van der Waals surface area contributed by atoms with Crippen molar-refractivity contribution >= 4 is 10.9 Å². The summed E-state index contributed by atoms with van der Waals surface area (Å²) in [4.78, 5) is 0. The number of hydrogen-bond donors (Lipinski definition) is 2. The van der Waals surface area contributed by atoms with E-state index in [4.69, 9.17) is 0 Å². The van der Waals surface area contributed by atoms with Gasteiger partial charge in [-0.05, 0) is 37.6 Å². The first-order valence-corrected chi connectivity index (χ1v) is 5.78. The molecule has 92 valence electrons. The van der Waals surface area contributed by atoms with E-state index in [-0.39, 0.29) is 5.82 Å². The Hall–Kier alpha value is -2.17. The number of nitrogens with zero attached hydrogens (tertiary/aromatic N) is 2. The monoisotopic (exact) mass is 244 g/mol. The molecule has 0 saturated heterocycles. The molecule has 2 N–H and O–H groups in total. The molecule has 2 heterocycles. The number of nitrogens with one attached hydrogen (secondary N) is 2. The summed E-state index contributed by atoms with van der Waals surface area (Å²) in [7, 11) is 0. The lowest BCUT2D eigenvalue weighted by molar-refractivity contribution is 0.629. The molecule has 1 aromatic carbocycles. The van der Waals surface area contributed by atoms with Crippen LogP contribution in [0.25, 0.3) is 10.9 Å². The van der Waals surface area contributed by atoms with E-state index in [1.807, 2.05) is 13.8 Å². The third-order valence-corrected chi connectivity index (χ3v) is 3.29. The lowest BCUT2D eigenvalue weighted by atomic mass is 10.1. The summed E-state index contributed by atoms with van der Waals surface area (Å²) in [5, 5.41) is 15.1. The van der Waals surface area contributed by atoms with E-state index < -0.39 is 0 Å². The van der Waals surface area contributed by atoms with E-state index in [0.717, 1.165) is 33.5 Å². The second kappa shape index (κ2) is 3.94. The second-order valence-electron chi connectivity index (χ2n) is 4.46. The van der Waals surface area contributed by atoms with E-state index in [2.05, 4.69) is 20.4 Å². The molecule has 3 rings (SSSR count). The number of hydrogen-bond acceptors (Lipinski definition) is 2. The predicted octanol–water partition coefficient (Wildman–Crippen LogP) is 2.63. The molecule has 0 radical (unpaired) electrons. The number of aryl methyl sites for hydroxylation is 1. The molecule has 0 spiro atoms. The highest BCUT2D eigenvalue weighted by Crippen LogP contribution is 2.21. The summed E-state index contributed by atoms with van der Waals surface area (Å²) >= 11 is 0. The average Bonchev–Trinajstić information content (AvgIpc) is 2.88. The van der Waals surface area contributed by atoms with Gasteiger partial charge in [0.2, 0.25) is 0 Å². The van der Waals surface area contributed by atoms with E-state index in [1.54, 1.807) is 6.07 Å². The Labute approximate surface area is 103 Å². The zero-order chi connectivity index (χ0) is 12.7. The standard InChI is InChI=1S/C13H13FN4/c1-7-8(2)15-17-12(7)6-13-10-5-9(14)3-4-11(10)16-18-13/h3-5H,6H2,1-2H3,(H,15,17)(H,16,18). The molecule has 0 aliphatic carbocycles. The molecule has 0 unspecified atom stereocenters. The van der Waals surface area contributed by atoms with Crippen LogP contribution in [0.15, 0.2) is 18.2 Å². The molecule has 5 heteroatoms. The molecule has 0 aliphatic rings. The van der Waals surface area contributed by atoms with E-state index in [9.17, 15) is 4.39 Å². The average molecular weight is 244 g/mol. The second-order valence-corrected chi connectivity index (χ2v) is 4.46. The Morgan fingerprint density at radius 3 is 2.72 bits per heavy atom. The van der Waals surface area contributed by atoms with Crippen LogP contribution in [0.2, 0.25) is 0 Å². The van der Waals surface area contributed by atoms with Crippen molar-refractivity contribution in [2.75, 3.05) is 0 Å². The van der Waals surface area contributed by atoms with Crippen LogP contribution in [-0.2, 0) is 6.42 Å². The number of fused-ring (bicyclic) bond motifs is 1. The number of aromatic amines is 2. The maximum absolute atomic E-state index is 13.3. The minimum Gasteiger partial charge on any atom is -0.282 e. The molecule has 0 bridgehead atoms. The summed E-state index contributed by atoms with van der Waals surface area (Å²) in [6.45, 7) is 4.00. The van der Waals surface area contributed by atoms with Gasteiger partial charge >= 0.3 is 0 Å². The number of benzene rings is 1. The quantitative estimate of drug-likeness (QED) is 0.728. The summed E-state index contributed by atoms with van der Waals surface area (Å²) < 4.78 is 13.3. The zero-order valence-electron chi connectivity index (χ0n) is 10.2. The molecule has 4 nitrogen and oxygen atoms in total. The van der Waals surface area contributed by atoms with E-state index in [0.29, 0.717) is 6.42 Å².